The maximum atomic E-state index is 10.7. The Labute approximate surface area is 269 Å². The second kappa shape index (κ2) is 24.9. The highest BCUT2D eigenvalue weighted by Gasteiger charge is 2.36. The first-order chi connectivity index (χ1) is 20.6. The summed E-state index contributed by atoms with van der Waals surface area (Å²) in [5.74, 6) is 1.04. The van der Waals surface area contributed by atoms with Gasteiger partial charge >= 0.3 is 5.51 Å². The summed E-state index contributed by atoms with van der Waals surface area (Å²) in [6.07, 6.45) is 23.8. The first-order valence-corrected chi connectivity index (χ1v) is 20.4. The topological polar surface area (TPSA) is 66.4 Å². The van der Waals surface area contributed by atoms with Crippen molar-refractivity contribution in [1.29, 1.82) is 0 Å². The predicted molar refractivity (Wildman–Crippen MR) is 166 cm³/mol. The molecule has 0 saturated heterocycles. The molecule has 0 spiro atoms. The molecule has 9 heteroatoms. The van der Waals surface area contributed by atoms with Crippen LogP contribution in [-0.2, 0) is 21.0 Å². The van der Waals surface area contributed by atoms with Gasteiger partial charge in [0.2, 0.25) is 0 Å². The Morgan fingerprint density at radius 2 is 1.12 bits per heavy atom. The van der Waals surface area contributed by atoms with Gasteiger partial charge in [0.1, 0.15) is 10.2 Å². The Kier molecular flexibility index (Phi) is 23.0. The first-order valence-electron chi connectivity index (χ1n) is 15.9. The Bertz CT molecular complexity index is 1020. The zero-order valence-corrected chi connectivity index (χ0v) is 28.9. The molecule has 0 aliphatic carbocycles. The number of hydrogen-bond acceptors (Lipinski definition) is 4. The molecule has 0 N–H and O–H groups in total. The van der Waals surface area contributed by atoms with E-state index < -0.39 is 15.6 Å². The number of hydrogen-bond donors (Lipinski definition) is 0. The van der Waals surface area contributed by atoms with Crippen LogP contribution < -0.4 is 25.9 Å². The maximum absolute atomic E-state index is 10.7. The van der Waals surface area contributed by atoms with E-state index in [0.29, 0.717) is 0 Å². The molecule has 0 radical (unpaired) electrons. The number of alkyl halides is 5. The Morgan fingerprint density at radius 3 is 1.56 bits per heavy atom. The molecule has 0 heterocycles. The smallest absolute Gasteiger partial charge is 0.485 e. The third-order valence-corrected chi connectivity index (χ3v) is 10.4. The van der Waals surface area contributed by atoms with E-state index in [0.717, 1.165) is 12.4 Å². The van der Waals surface area contributed by atoms with Crippen molar-refractivity contribution in [1.82, 2.24) is 0 Å². The molecule has 0 saturated carbocycles. The Balaban J connectivity index is 0.00000101. The van der Waals surface area contributed by atoms with Gasteiger partial charge in [-0.25, -0.2) is 8.42 Å². The van der Waals surface area contributed by atoms with Crippen LogP contribution in [0.3, 0.4) is 0 Å². The number of halogens is 4. The number of ether oxygens (including phenoxy) is 1. The standard InChI is InChI=1S/C33H52IO.CHF3O3S/c1-2-3-4-5-6-7-8-9-10-11-12-13-14-15-16-20-29-35-33-25-23-31(24-26-33)27-28-34-30-32-21-18-17-19-22-32;2-1(3,4)8(5,6)7/h17-19,21-26H,2-16,20,27-30H2,1H3;(H,5,6,7)/q+1;/p-1. The molecule has 0 amide bonds. The van der Waals surface area contributed by atoms with Crippen LogP contribution in [0.15, 0.2) is 54.6 Å². The van der Waals surface area contributed by atoms with E-state index in [1.165, 1.54) is 129 Å². The number of benzene rings is 2. The lowest BCUT2D eigenvalue weighted by Gasteiger charge is -2.08. The summed E-state index contributed by atoms with van der Waals surface area (Å²) in [7, 11) is -6.09. The van der Waals surface area contributed by atoms with Crippen LogP contribution in [0.2, 0.25) is 0 Å². The van der Waals surface area contributed by atoms with E-state index in [9.17, 15) is 13.2 Å². The second-order valence-electron chi connectivity index (χ2n) is 10.9. The third-order valence-electron chi connectivity index (χ3n) is 7.08. The number of aryl methyl sites for hydroxylation is 1. The van der Waals surface area contributed by atoms with Crippen molar-refractivity contribution in [3.05, 3.63) is 65.7 Å². The minimum Gasteiger partial charge on any atom is -0.741 e. The highest BCUT2D eigenvalue weighted by atomic mass is 127. The molecule has 4 nitrogen and oxygen atoms in total. The summed E-state index contributed by atoms with van der Waals surface area (Å²) < 4.78 is 67.5. The van der Waals surface area contributed by atoms with Gasteiger partial charge in [0, 0.05) is 6.42 Å². The Morgan fingerprint density at radius 1 is 0.674 bits per heavy atom. The minimum atomic E-state index is -6.09. The van der Waals surface area contributed by atoms with Crippen molar-refractivity contribution in [2.24, 2.45) is 0 Å². The maximum Gasteiger partial charge on any atom is 0.485 e. The molecule has 43 heavy (non-hydrogen) atoms. The predicted octanol–water partition coefficient (Wildman–Crippen LogP) is 7.21. The second-order valence-corrected chi connectivity index (χ2v) is 15.2. The van der Waals surface area contributed by atoms with Gasteiger partial charge in [-0.05, 0) is 29.7 Å². The summed E-state index contributed by atoms with van der Waals surface area (Å²) in [4.78, 5) is 0. The molecule has 0 aromatic heterocycles. The molecule has 0 unspecified atom stereocenters. The molecule has 2 rings (SSSR count). The molecule has 0 atom stereocenters. The van der Waals surface area contributed by atoms with Crippen molar-refractivity contribution < 1.29 is 52.1 Å². The lowest BCUT2D eigenvalue weighted by Crippen LogP contribution is -3.62. The van der Waals surface area contributed by atoms with Gasteiger partial charge in [0.15, 0.2) is 14.5 Å². The van der Waals surface area contributed by atoms with Crippen molar-refractivity contribution in [2.75, 3.05) is 11.0 Å². The lowest BCUT2D eigenvalue weighted by atomic mass is 10.0. The average molecular weight is 741 g/mol. The van der Waals surface area contributed by atoms with Crippen molar-refractivity contribution in [2.45, 2.75) is 126 Å². The zero-order chi connectivity index (χ0) is 31.7. The van der Waals surface area contributed by atoms with Crippen LogP contribution in [0, 0.1) is 0 Å². The van der Waals surface area contributed by atoms with Crippen LogP contribution in [0.4, 0.5) is 13.2 Å². The van der Waals surface area contributed by atoms with Gasteiger partial charge in [-0.15, -0.1) is 0 Å². The van der Waals surface area contributed by atoms with E-state index in [-0.39, 0.29) is 21.2 Å². The van der Waals surface area contributed by atoms with E-state index in [1.807, 2.05) is 0 Å². The van der Waals surface area contributed by atoms with Crippen LogP contribution in [-0.4, -0.2) is 29.5 Å². The zero-order valence-electron chi connectivity index (χ0n) is 25.9. The summed E-state index contributed by atoms with van der Waals surface area (Å²) in [5, 5.41) is 0. The van der Waals surface area contributed by atoms with Crippen LogP contribution in [0.25, 0.3) is 0 Å². The number of unbranched alkanes of at least 4 members (excludes halogenated alkanes) is 15. The normalized spacial score (nSPS) is 11.7. The largest absolute Gasteiger partial charge is 0.741 e. The third kappa shape index (κ3) is 22.8. The molecule has 0 aliphatic heterocycles. The SMILES string of the molecule is CCCCCCCCCCCCCCCCCCOc1ccc(CC[I+]Cc2ccccc2)cc1.O=S(=O)([O-])C(F)(F)F. The minimum absolute atomic E-state index is 0.253. The first kappa shape index (κ1) is 39.7. The average Bonchev–Trinajstić information content (AvgIpc) is 2.97. The van der Waals surface area contributed by atoms with Crippen molar-refractivity contribution >= 4 is 10.1 Å². The molecule has 2 aromatic rings. The van der Waals surface area contributed by atoms with Crippen LogP contribution >= 0.6 is 0 Å². The van der Waals surface area contributed by atoms with Gasteiger partial charge in [-0.1, -0.05) is 146 Å². The van der Waals surface area contributed by atoms with Crippen molar-refractivity contribution in [3.8, 4) is 5.75 Å². The quantitative estimate of drug-likeness (QED) is 0.0398. The van der Waals surface area contributed by atoms with E-state index in [2.05, 4.69) is 61.5 Å². The van der Waals surface area contributed by atoms with Crippen LogP contribution in [0.1, 0.15) is 121 Å². The molecule has 0 fully saturated rings. The fourth-order valence-electron chi connectivity index (χ4n) is 4.51. The summed E-state index contributed by atoms with van der Waals surface area (Å²) in [6, 6.07) is 19.8. The molecule has 0 aliphatic rings. The van der Waals surface area contributed by atoms with Gasteiger partial charge in [0.25, 0.3) is 21.2 Å². The molecular weight excluding hydrogens is 688 g/mol. The Hall–Kier alpha value is -1.33. The van der Waals surface area contributed by atoms with Crippen LogP contribution in [0.5, 0.6) is 5.75 Å². The molecule has 246 valence electrons. The monoisotopic (exact) mass is 740 g/mol. The number of rotatable bonds is 23. The summed E-state index contributed by atoms with van der Waals surface area (Å²) >= 11 is 0.253. The fraction of sp³-hybridized carbons (Fsp3) is 0.647. The van der Waals surface area contributed by atoms with Gasteiger partial charge < -0.3 is 9.29 Å². The van der Waals surface area contributed by atoms with E-state index >= 15 is 0 Å². The lowest BCUT2D eigenvalue weighted by molar-refractivity contribution is -0.670. The summed E-state index contributed by atoms with van der Waals surface area (Å²) in [5.41, 5.74) is -2.70. The highest BCUT2D eigenvalue weighted by molar-refractivity contribution is 7.86. The van der Waals surface area contributed by atoms with Gasteiger partial charge in [0.05, 0.1) is 6.61 Å². The van der Waals surface area contributed by atoms with E-state index in [4.69, 9.17) is 17.7 Å². The molecule has 2 aromatic carbocycles. The summed E-state index contributed by atoms with van der Waals surface area (Å²) in [6.45, 7) is 3.16. The van der Waals surface area contributed by atoms with Crippen molar-refractivity contribution in [3.63, 3.8) is 0 Å². The molecular formula is C34H52F3IO4S. The highest BCUT2D eigenvalue weighted by Crippen LogP contribution is 2.20. The fourth-order valence-corrected chi connectivity index (χ4v) is 7.03. The van der Waals surface area contributed by atoms with E-state index in [1.54, 1.807) is 0 Å². The van der Waals surface area contributed by atoms with Gasteiger partial charge in [-0.2, -0.15) is 13.2 Å². The molecule has 0 bridgehead atoms. The van der Waals surface area contributed by atoms with Gasteiger partial charge in [-0.3, -0.25) is 0 Å².